The van der Waals surface area contributed by atoms with Gasteiger partial charge in [-0.3, -0.25) is 4.98 Å². The number of aromatic nitrogens is 6. The quantitative estimate of drug-likeness (QED) is 0.537. The van der Waals surface area contributed by atoms with E-state index in [1.54, 1.807) is 42.7 Å². The summed E-state index contributed by atoms with van der Waals surface area (Å²) in [6, 6.07) is 9.96. The van der Waals surface area contributed by atoms with E-state index in [0.717, 1.165) is 18.4 Å². The first-order chi connectivity index (χ1) is 13.8. The second-order valence-electron chi connectivity index (χ2n) is 6.35. The van der Waals surface area contributed by atoms with E-state index in [9.17, 15) is 4.39 Å². The minimum absolute atomic E-state index is 0.208. The van der Waals surface area contributed by atoms with Crippen molar-refractivity contribution in [2.45, 2.75) is 18.9 Å². The van der Waals surface area contributed by atoms with Crippen molar-refractivity contribution in [2.24, 2.45) is 0 Å². The lowest BCUT2D eigenvalue weighted by atomic mass is 10.1. The minimum Gasteiger partial charge on any atom is -0.372 e. The van der Waals surface area contributed by atoms with Crippen LogP contribution >= 0.6 is 0 Å². The van der Waals surface area contributed by atoms with E-state index >= 15 is 0 Å². The lowest BCUT2D eigenvalue weighted by Gasteiger charge is -2.13. The molecule has 4 heterocycles. The monoisotopic (exact) mass is 378 g/mol. The van der Waals surface area contributed by atoms with E-state index in [1.165, 1.54) is 10.7 Å². The molecule has 1 aliphatic rings. The largest absolute Gasteiger partial charge is 0.372 e. The van der Waals surface area contributed by atoms with Crippen LogP contribution in [0.4, 0.5) is 4.39 Å². The van der Waals surface area contributed by atoms with Crippen molar-refractivity contribution in [1.82, 2.24) is 30.1 Å². The van der Waals surface area contributed by atoms with Gasteiger partial charge in [-0.05, 0) is 37.1 Å². The van der Waals surface area contributed by atoms with Crippen LogP contribution in [0.3, 0.4) is 0 Å². The number of pyridine rings is 1. The Morgan fingerprint density at radius 1 is 1.11 bits per heavy atom. The van der Waals surface area contributed by atoms with Crippen molar-refractivity contribution < 1.29 is 13.7 Å². The Labute approximate surface area is 159 Å². The number of hydrogen-bond acceptors (Lipinski definition) is 7. The summed E-state index contributed by atoms with van der Waals surface area (Å²) in [7, 11) is 0. The van der Waals surface area contributed by atoms with Crippen molar-refractivity contribution in [3.05, 3.63) is 60.3 Å². The fourth-order valence-electron chi connectivity index (χ4n) is 3.26. The topological polar surface area (TPSA) is 91.8 Å². The molecule has 1 unspecified atom stereocenters. The van der Waals surface area contributed by atoms with Crippen LogP contribution in [-0.4, -0.2) is 36.7 Å². The van der Waals surface area contributed by atoms with E-state index in [0.29, 0.717) is 29.5 Å². The molecule has 0 aliphatic carbocycles. The number of para-hydroxylation sites is 1. The SMILES string of the molecule is Fc1ccccc1-n1nnc(-c2nc(-c3ccncc3)no2)c1C1CCCO1. The molecular weight excluding hydrogens is 363 g/mol. The highest BCUT2D eigenvalue weighted by Gasteiger charge is 2.31. The molecule has 140 valence electrons. The Bertz CT molecular complexity index is 1100. The summed E-state index contributed by atoms with van der Waals surface area (Å²) < 4.78 is 27.1. The molecule has 8 nitrogen and oxygen atoms in total. The molecule has 0 saturated carbocycles. The normalized spacial score (nSPS) is 16.5. The van der Waals surface area contributed by atoms with Gasteiger partial charge in [0.15, 0.2) is 5.69 Å². The van der Waals surface area contributed by atoms with Gasteiger partial charge in [0, 0.05) is 24.6 Å². The van der Waals surface area contributed by atoms with Gasteiger partial charge in [-0.1, -0.05) is 22.5 Å². The van der Waals surface area contributed by atoms with Gasteiger partial charge in [0.05, 0.1) is 0 Å². The molecule has 1 fully saturated rings. The van der Waals surface area contributed by atoms with E-state index in [4.69, 9.17) is 9.26 Å². The maximum atomic E-state index is 14.4. The molecule has 0 radical (unpaired) electrons. The summed E-state index contributed by atoms with van der Waals surface area (Å²) in [5.41, 5.74) is 2.06. The van der Waals surface area contributed by atoms with Crippen LogP contribution in [0.5, 0.6) is 0 Å². The molecule has 9 heteroatoms. The molecule has 0 bridgehead atoms. The zero-order valence-corrected chi connectivity index (χ0v) is 14.7. The molecular formula is C19H15FN6O2. The standard InChI is InChI=1S/C19H15FN6O2/c20-13-4-1-2-5-14(13)26-17(15-6-3-11-27-15)16(23-25-26)19-22-18(24-28-19)12-7-9-21-10-8-12/h1-2,4-5,7-10,15H,3,6,11H2. The predicted octanol–water partition coefficient (Wildman–Crippen LogP) is 3.37. The van der Waals surface area contributed by atoms with Gasteiger partial charge < -0.3 is 9.26 Å². The average Bonchev–Trinajstić information content (AvgIpc) is 3.48. The Morgan fingerprint density at radius 3 is 2.75 bits per heavy atom. The molecule has 1 aromatic carbocycles. The predicted molar refractivity (Wildman–Crippen MR) is 95.8 cm³/mol. The van der Waals surface area contributed by atoms with Crippen molar-refractivity contribution in [3.63, 3.8) is 0 Å². The molecule has 28 heavy (non-hydrogen) atoms. The molecule has 0 spiro atoms. The minimum atomic E-state index is -0.402. The summed E-state index contributed by atoms with van der Waals surface area (Å²) in [5.74, 6) is 0.220. The highest BCUT2D eigenvalue weighted by molar-refractivity contribution is 5.59. The van der Waals surface area contributed by atoms with Crippen LogP contribution in [0, 0.1) is 5.82 Å². The number of hydrogen-bond donors (Lipinski definition) is 0. The maximum Gasteiger partial charge on any atom is 0.280 e. The third-order valence-electron chi connectivity index (χ3n) is 4.59. The fraction of sp³-hybridized carbons (Fsp3) is 0.211. The molecule has 4 aromatic rings. The van der Waals surface area contributed by atoms with E-state index in [-0.39, 0.29) is 12.0 Å². The first kappa shape index (κ1) is 16.7. The molecule has 1 saturated heterocycles. The van der Waals surface area contributed by atoms with E-state index < -0.39 is 5.82 Å². The highest BCUT2D eigenvalue weighted by atomic mass is 19.1. The van der Waals surface area contributed by atoms with Gasteiger partial charge in [-0.2, -0.15) is 4.98 Å². The molecule has 1 aliphatic heterocycles. The van der Waals surface area contributed by atoms with Gasteiger partial charge in [0.1, 0.15) is 23.3 Å². The third-order valence-corrected chi connectivity index (χ3v) is 4.59. The number of benzene rings is 1. The third kappa shape index (κ3) is 2.85. The van der Waals surface area contributed by atoms with Gasteiger partial charge in [-0.15, -0.1) is 5.10 Å². The Balaban J connectivity index is 1.62. The summed E-state index contributed by atoms with van der Waals surface area (Å²) >= 11 is 0. The van der Waals surface area contributed by atoms with Crippen molar-refractivity contribution in [3.8, 4) is 28.7 Å². The van der Waals surface area contributed by atoms with Gasteiger partial charge >= 0.3 is 0 Å². The summed E-state index contributed by atoms with van der Waals surface area (Å²) in [6.07, 6.45) is 4.70. The van der Waals surface area contributed by atoms with Crippen molar-refractivity contribution in [2.75, 3.05) is 6.61 Å². The number of ether oxygens (including phenoxy) is 1. The Kier molecular flexibility index (Phi) is 4.13. The molecule has 1 atom stereocenters. The lowest BCUT2D eigenvalue weighted by Crippen LogP contribution is -2.09. The van der Waals surface area contributed by atoms with Crippen LogP contribution in [0.2, 0.25) is 0 Å². The van der Waals surface area contributed by atoms with Crippen molar-refractivity contribution in [1.29, 1.82) is 0 Å². The van der Waals surface area contributed by atoms with Crippen LogP contribution in [0.25, 0.3) is 28.7 Å². The highest BCUT2D eigenvalue weighted by Crippen LogP contribution is 2.36. The lowest BCUT2D eigenvalue weighted by molar-refractivity contribution is 0.107. The number of halogens is 1. The van der Waals surface area contributed by atoms with Gasteiger partial charge in [0.2, 0.25) is 5.82 Å². The van der Waals surface area contributed by atoms with Crippen LogP contribution < -0.4 is 0 Å². The first-order valence-corrected chi connectivity index (χ1v) is 8.88. The molecule has 5 rings (SSSR count). The Hall–Kier alpha value is -3.46. The maximum absolute atomic E-state index is 14.4. The number of rotatable bonds is 4. The zero-order chi connectivity index (χ0) is 18.9. The molecule has 0 N–H and O–H groups in total. The molecule has 0 amide bonds. The van der Waals surface area contributed by atoms with Gasteiger partial charge in [-0.25, -0.2) is 9.07 Å². The molecule has 3 aromatic heterocycles. The zero-order valence-electron chi connectivity index (χ0n) is 14.7. The van der Waals surface area contributed by atoms with E-state index in [1.807, 2.05) is 0 Å². The summed E-state index contributed by atoms with van der Waals surface area (Å²) in [5, 5.41) is 12.4. The van der Waals surface area contributed by atoms with Gasteiger partial charge in [0.25, 0.3) is 5.89 Å². The fourth-order valence-corrected chi connectivity index (χ4v) is 3.26. The second kappa shape index (κ2) is 6.93. The average molecular weight is 378 g/mol. The second-order valence-corrected chi connectivity index (χ2v) is 6.35. The summed E-state index contributed by atoms with van der Waals surface area (Å²) in [6.45, 7) is 0.624. The van der Waals surface area contributed by atoms with Crippen molar-refractivity contribution >= 4 is 0 Å². The number of nitrogens with zero attached hydrogens (tertiary/aromatic N) is 6. The Morgan fingerprint density at radius 2 is 1.96 bits per heavy atom. The van der Waals surface area contributed by atoms with Crippen LogP contribution in [-0.2, 0) is 4.74 Å². The van der Waals surface area contributed by atoms with Crippen LogP contribution in [0.15, 0.2) is 53.3 Å². The van der Waals surface area contributed by atoms with E-state index in [2.05, 4.69) is 25.4 Å². The smallest absolute Gasteiger partial charge is 0.280 e. The van der Waals surface area contributed by atoms with Crippen LogP contribution in [0.1, 0.15) is 24.6 Å². The first-order valence-electron chi connectivity index (χ1n) is 8.88. The summed E-state index contributed by atoms with van der Waals surface area (Å²) in [4.78, 5) is 8.43.